The quantitative estimate of drug-likeness (QED) is 0.841. The molecule has 0 heterocycles. The highest BCUT2D eigenvalue weighted by molar-refractivity contribution is 9.10. The van der Waals surface area contributed by atoms with Crippen LogP contribution in [0.5, 0.6) is 0 Å². The Bertz CT molecular complexity index is 552. The van der Waals surface area contributed by atoms with Crippen molar-refractivity contribution < 1.29 is 0 Å². The van der Waals surface area contributed by atoms with Crippen LogP contribution in [0.3, 0.4) is 0 Å². The van der Waals surface area contributed by atoms with Gasteiger partial charge in [-0.3, -0.25) is 4.90 Å². The first-order valence-electron chi connectivity index (χ1n) is 6.02. The van der Waals surface area contributed by atoms with Gasteiger partial charge in [0.2, 0.25) is 0 Å². The molecule has 0 radical (unpaired) electrons. The molecule has 2 aromatic rings. The van der Waals surface area contributed by atoms with Gasteiger partial charge in [0.25, 0.3) is 0 Å². The second-order valence-corrected chi connectivity index (χ2v) is 5.83. The van der Waals surface area contributed by atoms with E-state index < -0.39 is 0 Å². The van der Waals surface area contributed by atoms with Crippen LogP contribution in [0.25, 0.3) is 0 Å². The topological polar surface area (TPSA) is 29.3 Å². The molecule has 0 amide bonds. The van der Waals surface area contributed by atoms with E-state index in [2.05, 4.69) is 27.9 Å². The number of hydrogen-bond acceptors (Lipinski definition) is 2. The fourth-order valence-electron chi connectivity index (χ4n) is 1.99. The largest absolute Gasteiger partial charge is 0.398 e. The van der Waals surface area contributed by atoms with Crippen LogP contribution in [0.4, 0.5) is 5.69 Å². The lowest BCUT2D eigenvalue weighted by Crippen LogP contribution is -2.18. The Morgan fingerprint density at radius 2 is 1.84 bits per heavy atom. The van der Waals surface area contributed by atoms with E-state index in [1.54, 1.807) is 0 Å². The fraction of sp³-hybridized carbons (Fsp3) is 0.200. The molecular weight excluding hydrogens is 324 g/mol. The molecule has 2 aromatic carbocycles. The van der Waals surface area contributed by atoms with Gasteiger partial charge in [-0.25, -0.2) is 0 Å². The van der Waals surface area contributed by atoms with Gasteiger partial charge < -0.3 is 5.73 Å². The van der Waals surface area contributed by atoms with Crippen LogP contribution in [-0.2, 0) is 13.1 Å². The van der Waals surface area contributed by atoms with Crippen molar-refractivity contribution in [2.24, 2.45) is 0 Å². The van der Waals surface area contributed by atoms with Crippen LogP contribution in [-0.4, -0.2) is 11.9 Å². The number of anilines is 1. The van der Waals surface area contributed by atoms with Gasteiger partial charge in [-0.2, -0.15) is 0 Å². The van der Waals surface area contributed by atoms with E-state index in [1.807, 2.05) is 42.5 Å². The normalized spacial score (nSPS) is 10.9. The first-order chi connectivity index (χ1) is 9.08. The molecule has 4 heteroatoms. The van der Waals surface area contributed by atoms with Gasteiger partial charge in [-0.15, -0.1) is 0 Å². The molecular formula is C15H16BrClN2. The van der Waals surface area contributed by atoms with Crippen LogP contribution in [0.15, 0.2) is 46.9 Å². The zero-order valence-electron chi connectivity index (χ0n) is 10.7. The summed E-state index contributed by atoms with van der Waals surface area (Å²) in [4.78, 5) is 2.19. The Morgan fingerprint density at radius 3 is 2.53 bits per heavy atom. The molecule has 0 aromatic heterocycles. The third-order valence-electron chi connectivity index (χ3n) is 2.98. The van der Waals surface area contributed by atoms with Gasteiger partial charge in [-0.1, -0.05) is 51.8 Å². The van der Waals surface area contributed by atoms with Crippen molar-refractivity contribution >= 4 is 33.2 Å². The Morgan fingerprint density at radius 1 is 1.11 bits per heavy atom. The second-order valence-electron chi connectivity index (χ2n) is 4.57. The highest BCUT2D eigenvalue weighted by Gasteiger charge is 2.09. The molecule has 0 aliphatic rings. The molecule has 100 valence electrons. The zero-order chi connectivity index (χ0) is 13.8. The summed E-state index contributed by atoms with van der Waals surface area (Å²) in [5, 5.41) is 0.800. The summed E-state index contributed by atoms with van der Waals surface area (Å²) in [6, 6.07) is 13.8. The predicted molar refractivity (Wildman–Crippen MR) is 85.2 cm³/mol. The third-order valence-corrected chi connectivity index (χ3v) is 4.09. The van der Waals surface area contributed by atoms with Crippen molar-refractivity contribution in [2.75, 3.05) is 12.8 Å². The SMILES string of the molecule is CN(Cc1ccccc1Cl)Cc1c(N)cccc1Br. The predicted octanol–water partition coefficient (Wildman–Crippen LogP) is 4.32. The number of hydrogen-bond donors (Lipinski definition) is 1. The molecule has 2 N–H and O–H groups in total. The summed E-state index contributed by atoms with van der Waals surface area (Å²) >= 11 is 9.72. The van der Waals surface area contributed by atoms with Gasteiger partial charge in [0.05, 0.1) is 0 Å². The molecule has 0 bridgehead atoms. The first-order valence-corrected chi connectivity index (χ1v) is 7.20. The van der Waals surface area contributed by atoms with Crippen molar-refractivity contribution in [3.8, 4) is 0 Å². The minimum absolute atomic E-state index is 0.776. The Balaban J connectivity index is 2.10. The summed E-state index contributed by atoms with van der Waals surface area (Å²) in [6.45, 7) is 1.57. The molecule has 0 spiro atoms. The van der Waals surface area contributed by atoms with Crippen molar-refractivity contribution in [1.82, 2.24) is 4.90 Å². The number of nitrogen functional groups attached to an aromatic ring is 1. The lowest BCUT2D eigenvalue weighted by atomic mass is 10.1. The maximum absolute atomic E-state index is 6.17. The van der Waals surface area contributed by atoms with Crippen LogP contribution >= 0.6 is 27.5 Å². The second kappa shape index (κ2) is 6.42. The summed E-state index contributed by atoms with van der Waals surface area (Å²) in [5.41, 5.74) is 9.05. The van der Waals surface area contributed by atoms with Crippen LogP contribution in [0.2, 0.25) is 5.02 Å². The summed E-state index contributed by atoms with van der Waals surface area (Å²) < 4.78 is 1.04. The van der Waals surface area contributed by atoms with Crippen molar-refractivity contribution in [3.05, 3.63) is 63.1 Å². The average Bonchev–Trinajstić information content (AvgIpc) is 2.37. The minimum atomic E-state index is 0.776. The van der Waals surface area contributed by atoms with Gasteiger partial charge in [0.15, 0.2) is 0 Å². The summed E-state index contributed by atoms with van der Waals surface area (Å²) in [7, 11) is 2.06. The summed E-state index contributed by atoms with van der Waals surface area (Å²) in [5.74, 6) is 0. The van der Waals surface area contributed by atoms with Crippen LogP contribution in [0.1, 0.15) is 11.1 Å². The molecule has 2 rings (SSSR count). The molecule has 0 unspecified atom stereocenters. The minimum Gasteiger partial charge on any atom is -0.398 e. The number of benzene rings is 2. The van der Waals surface area contributed by atoms with E-state index in [4.69, 9.17) is 17.3 Å². The monoisotopic (exact) mass is 338 g/mol. The molecule has 0 aliphatic heterocycles. The number of nitrogens with two attached hydrogens (primary N) is 1. The lowest BCUT2D eigenvalue weighted by Gasteiger charge is -2.19. The third kappa shape index (κ3) is 3.72. The van der Waals surface area contributed by atoms with Crippen molar-refractivity contribution in [3.63, 3.8) is 0 Å². The van der Waals surface area contributed by atoms with Gasteiger partial charge >= 0.3 is 0 Å². The van der Waals surface area contributed by atoms with E-state index in [0.29, 0.717) is 0 Å². The maximum Gasteiger partial charge on any atom is 0.0451 e. The van der Waals surface area contributed by atoms with Gasteiger partial charge in [0.1, 0.15) is 0 Å². The molecule has 0 atom stereocenters. The number of halogens is 2. The lowest BCUT2D eigenvalue weighted by molar-refractivity contribution is 0.319. The Labute approximate surface area is 127 Å². The Kier molecular flexibility index (Phi) is 4.86. The number of nitrogens with zero attached hydrogens (tertiary/aromatic N) is 1. The highest BCUT2D eigenvalue weighted by atomic mass is 79.9. The highest BCUT2D eigenvalue weighted by Crippen LogP contribution is 2.25. The molecule has 0 aliphatic carbocycles. The van der Waals surface area contributed by atoms with E-state index in [-0.39, 0.29) is 0 Å². The average molecular weight is 340 g/mol. The van der Waals surface area contributed by atoms with E-state index >= 15 is 0 Å². The van der Waals surface area contributed by atoms with E-state index in [9.17, 15) is 0 Å². The van der Waals surface area contributed by atoms with Crippen molar-refractivity contribution in [1.29, 1.82) is 0 Å². The van der Waals surface area contributed by atoms with Crippen LogP contribution in [0, 0.1) is 0 Å². The Hall–Kier alpha value is -1.03. The number of rotatable bonds is 4. The standard InChI is InChI=1S/C15H16BrClN2/c1-19(9-11-5-2-3-7-14(11)17)10-12-13(16)6-4-8-15(12)18/h2-8H,9-10,18H2,1H3. The first kappa shape index (κ1) is 14.4. The molecule has 0 saturated heterocycles. The van der Waals surface area contributed by atoms with Gasteiger partial charge in [-0.05, 0) is 30.8 Å². The molecule has 2 nitrogen and oxygen atoms in total. The van der Waals surface area contributed by atoms with E-state index in [1.165, 1.54) is 0 Å². The maximum atomic E-state index is 6.17. The zero-order valence-corrected chi connectivity index (χ0v) is 13.1. The van der Waals surface area contributed by atoms with Crippen molar-refractivity contribution in [2.45, 2.75) is 13.1 Å². The smallest absolute Gasteiger partial charge is 0.0451 e. The fourth-order valence-corrected chi connectivity index (χ4v) is 2.69. The van der Waals surface area contributed by atoms with Crippen LogP contribution < -0.4 is 5.73 Å². The molecule has 0 fully saturated rings. The molecule has 19 heavy (non-hydrogen) atoms. The van der Waals surface area contributed by atoms with E-state index in [0.717, 1.165) is 39.4 Å². The molecule has 0 saturated carbocycles. The van der Waals surface area contributed by atoms with Gasteiger partial charge in [0, 0.05) is 33.8 Å². The summed E-state index contributed by atoms with van der Waals surface area (Å²) in [6.07, 6.45) is 0.